The molecule has 0 saturated heterocycles. The van der Waals surface area contributed by atoms with E-state index in [0.717, 1.165) is 18.7 Å². The van der Waals surface area contributed by atoms with E-state index in [0.29, 0.717) is 6.04 Å². The fraction of sp³-hybridized carbons (Fsp3) is 0.643. The Bertz CT molecular complexity index is 404. The summed E-state index contributed by atoms with van der Waals surface area (Å²) < 4.78 is 1.88. The molecule has 1 N–H and O–H groups in total. The van der Waals surface area contributed by atoms with Crippen molar-refractivity contribution in [2.75, 3.05) is 0 Å². The van der Waals surface area contributed by atoms with Crippen LogP contribution in [0.4, 0.5) is 0 Å². The summed E-state index contributed by atoms with van der Waals surface area (Å²) in [5.74, 6) is 2.67. The average molecular weight is 233 g/mol. The molecule has 0 spiro atoms. The van der Waals surface area contributed by atoms with Gasteiger partial charge in [-0.3, -0.25) is 4.68 Å². The molecule has 3 nitrogen and oxygen atoms in total. The number of hydrogen-bond acceptors (Lipinski definition) is 2. The second-order valence-corrected chi connectivity index (χ2v) is 5.62. The van der Waals surface area contributed by atoms with E-state index in [1.165, 1.54) is 5.56 Å². The van der Waals surface area contributed by atoms with E-state index in [9.17, 15) is 0 Å². The molecule has 1 atom stereocenters. The normalized spacial score (nSPS) is 13.4. The molecule has 17 heavy (non-hydrogen) atoms. The van der Waals surface area contributed by atoms with Gasteiger partial charge in [0, 0.05) is 43.2 Å². The molecule has 94 valence electrons. The van der Waals surface area contributed by atoms with E-state index >= 15 is 0 Å². The quantitative estimate of drug-likeness (QED) is 0.808. The molecular formula is C14H23N3. The van der Waals surface area contributed by atoms with Crippen LogP contribution in [-0.4, -0.2) is 15.8 Å². The highest BCUT2D eigenvalue weighted by Crippen LogP contribution is 2.24. The predicted molar refractivity (Wildman–Crippen MR) is 71.7 cm³/mol. The summed E-state index contributed by atoms with van der Waals surface area (Å²) in [6, 6.07) is 0.341. The van der Waals surface area contributed by atoms with E-state index < -0.39 is 0 Å². The standard InChI is InChI=1S/C14H23N3/c1-7-8-11(2)15-9-12-10-17(6)16-13(12)14(3,4)5/h1,10-11,15H,8-9H2,2-6H3. The molecule has 3 heteroatoms. The first kappa shape index (κ1) is 13.8. The summed E-state index contributed by atoms with van der Waals surface area (Å²) in [7, 11) is 1.96. The lowest BCUT2D eigenvalue weighted by Gasteiger charge is -2.18. The van der Waals surface area contributed by atoms with Crippen molar-refractivity contribution < 1.29 is 0 Å². The molecule has 1 heterocycles. The van der Waals surface area contributed by atoms with Gasteiger partial charge in [-0.2, -0.15) is 5.10 Å². The zero-order valence-corrected chi connectivity index (χ0v) is 11.5. The molecule has 0 bridgehead atoms. The van der Waals surface area contributed by atoms with Crippen LogP contribution >= 0.6 is 0 Å². The second kappa shape index (κ2) is 5.37. The summed E-state index contributed by atoms with van der Waals surface area (Å²) in [6.45, 7) is 9.48. The molecular weight excluding hydrogens is 210 g/mol. The summed E-state index contributed by atoms with van der Waals surface area (Å²) in [6.07, 6.45) is 8.13. The molecule has 0 aliphatic heterocycles. The maximum atomic E-state index is 5.30. The Labute approximate surface area is 105 Å². The first-order valence-corrected chi connectivity index (χ1v) is 6.04. The molecule has 0 aromatic carbocycles. The third-order valence-electron chi connectivity index (χ3n) is 2.68. The van der Waals surface area contributed by atoms with E-state index in [1.807, 2.05) is 11.7 Å². The van der Waals surface area contributed by atoms with E-state index in [2.05, 4.69) is 50.2 Å². The monoisotopic (exact) mass is 233 g/mol. The van der Waals surface area contributed by atoms with Crippen LogP contribution in [0.15, 0.2) is 6.20 Å². The van der Waals surface area contributed by atoms with Crippen molar-refractivity contribution >= 4 is 0 Å². The smallest absolute Gasteiger partial charge is 0.0722 e. The minimum Gasteiger partial charge on any atom is -0.309 e. The molecule has 0 saturated carbocycles. The Morgan fingerprint density at radius 1 is 1.53 bits per heavy atom. The van der Waals surface area contributed by atoms with Crippen molar-refractivity contribution in [1.82, 2.24) is 15.1 Å². The number of aromatic nitrogens is 2. The van der Waals surface area contributed by atoms with Crippen LogP contribution in [0.25, 0.3) is 0 Å². The summed E-state index contributed by atoms with van der Waals surface area (Å²) in [5, 5.41) is 7.97. The molecule has 1 aromatic rings. The maximum absolute atomic E-state index is 5.30. The van der Waals surface area contributed by atoms with Crippen molar-refractivity contribution in [3.63, 3.8) is 0 Å². The van der Waals surface area contributed by atoms with Crippen LogP contribution in [0, 0.1) is 12.3 Å². The van der Waals surface area contributed by atoms with Gasteiger partial charge >= 0.3 is 0 Å². The fourth-order valence-corrected chi connectivity index (χ4v) is 1.83. The van der Waals surface area contributed by atoms with E-state index in [-0.39, 0.29) is 5.41 Å². The number of terminal acetylenes is 1. The zero-order chi connectivity index (χ0) is 13.1. The second-order valence-electron chi connectivity index (χ2n) is 5.62. The largest absolute Gasteiger partial charge is 0.309 e. The van der Waals surface area contributed by atoms with Crippen molar-refractivity contribution in [3.05, 3.63) is 17.5 Å². The van der Waals surface area contributed by atoms with Crippen molar-refractivity contribution in [1.29, 1.82) is 0 Å². The molecule has 1 rings (SSSR count). The Morgan fingerprint density at radius 2 is 2.18 bits per heavy atom. The average Bonchev–Trinajstić information content (AvgIpc) is 2.57. The Hall–Kier alpha value is -1.27. The summed E-state index contributed by atoms with van der Waals surface area (Å²) >= 11 is 0. The number of rotatable bonds is 4. The lowest BCUT2D eigenvalue weighted by atomic mass is 9.89. The molecule has 0 amide bonds. The number of hydrogen-bond donors (Lipinski definition) is 1. The van der Waals surface area contributed by atoms with Crippen LogP contribution in [0.1, 0.15) is 45.4 Å². The molecule has 1 unspecified atom stereocenters. The van der Waals surface area contributed by atoms with Gasteiger partial charge in [-0.15, -0.1) is 12.3 Å². The van der Waals surface area contributed by atoms with Crippen molar-refractivity contribution in [3.8, 4) is 12.3 Å². The van der Waals surface area contributed by atoms with Gasteiger partial charge in [0.1, 0.15) is 0 Å². The highest BCUT2D eigenvalue weighted by molar-refractivity contribution is 5.23. The topological polar surface area (TPSA) is 29.9 Å². The zero-order valence-electron chi connectivity index (χ0n) is 11.5. The molecule has 0 fully saturated rings. The van der Waals surface area contributed by atoms with E-state index in [4.69, 9.17) is 6.42 Å². The lowest BCUT2D eigenvalue weighted by Crippen LogP contribution is -2.26. The third kappa shape index (κ3) is 3.90. The van der Waals surface area contributed by atoms with Gasteiger partial charge in [-0.25, -0.2) is 0 Å². The van der Waals surface area contributed by atoms with Gasteiger partial charge in [-0.05, 0) is 6.92 Å². The molecule has 1 aromatic heterocycles. The summed E-state index contributed by atoms with van der Waals surface area (Å²) in [4.78, 5) is 0. The first-order chi connectivity index (χ1) is 7.84. The minimum atomic E-state index is 0.0770. The molecule has 0 radical (unpaired) electrons. The molecule has 0 aliphatic rings. The fourth-order valence-electron chi connectivity index (χ4n) is 1.83. The minimum absolute atomic E-state index is 0.0770. The van der Waals surface area contributed by atoms with Crippen molar-refractivity contribution in [2.45, 2.75) is 52.1 Å². The van der Waals surface area contributed by atoms with Gasteiger partial charge in [0.2, 0.25) is 0 Å². The van der Waals surface area contributed by atoms with Crippen LogP contribution in [0.2, 0.25) is 0 Å². The van der Waals surface area contributed by atoms with Crippen LogP contribution < -0.4 is 5.32 Å². The number of nitrogens with zero attached hydrogens (tertiary/aromatic N) is 2. The SMILES string of the molecule is C#CCC(C)NCc1cn(C)nc1C(C)(C)C. The first-order valence-electron chi connectivity index (χ1n) is 6.04. The summed E-state index contributed by atoms with van der Waals surface area (Å²) in [5.41, 5.74) is 2.48. The Balaban J connectivity index is 2.75. The van der Waals surface area contributed by atoms with Gasteiger partial charge in [-0.1, -0.05) is 20.8 Å². The third-order valence-corrected chi connectivity index (χ3v) is 2.68. The predicted octanol–water partition coefficient (Wildman–Crippen LogP) is 2.22. The van der Waals surface area contributed by atoms with E-state index in [1.54, 1.807) is 0 Å². The van der Waals surface area contributed by atoms with Gasteiger partial charge < -0.3 is 5.32 Å². The maximum Gasteiger partial charge on any atom is 0.0722 e. The number of aryl methyl sites for hydroxylation is 1. The Kier molecular flexibility index (Phi) is 4.36. The van der Waals surface area contributed by atoms with Crippen molar-refractivity contribution in [2.24, 2.45) is 7.05 Å². The van der Waals surface area contributed by atoms with Crippen LogP contribution in [-0.2, 0) is 19.0 Å². The molecule has 0 aliphatic carbocycles. The van der Waals surface area contributed by atoms with Gasteiger partial charge in [0.25, 0.3) is 0 Å². The highest BCUT2D eigenvalue weighted by Gasteiger charge is 2.21. The lowest BCUT2D eigenvalue weighted by molar-refractivity contribution is 0.527. The van der Waals surface area contributed by atoms with Gasteiger partial charge in [0.15, 0.2) is 0 Å². The van der Waals surface area contributed by atoms with Crippen LogP contribution in [0.5, 0.6) is 0 Å². The Morgan fingerprint density at radius 3 is 2.71 bits per heavy atom. The van der Waals surface area contributed by atoms with Crippen LogP contribution in [0.3, 0.4) is 0 Å². The number of nitrogens with one attached hydrogen (secondary N) is 1. The van der Waals surface area contributed by atoms with Gasteiger partial charge in [0.05, 0.1) is 5.69 Å². The highest BCUT2D eigenvalue weighted by atomic mass is 15.3.